The van der Waals surface area contributed by atoms with Crippen LogP contribution in [0.1, 0.15) is 37.3 Å². The van der Waals surface area contributed by atoms with Gasteiger partial charge in [0.1, 0.15) is 6.61 Å². The van der Waals surface area contributed by atoms with Crippen LogP contribution in [0.25, 0.3) is 11.0 Å². The van der Waals surface area contributed by atoms with Crippen molar-refractivity contribution >= 4 is 28.5 Å². The number of nitrogens with one attached hydrogen (secondary N) is 1. The average molecular weight is 374 g/mol. The Morgan fingerprint density at radius 3 is 2.50 bits per heavy atom. The fraction of sp³-hybridized carbons (Fsp3) is 0.364. The summed E-state index contributed by atoms with van der Waals surface area (Å²) >= 11 is 0. The van der Waals surface area contributed by atoms with Crippen LogP contribution in [-0.2, 0) is 4.74 Å². The third-order valence-corrected chi connectivity index (χ3v) is 6.01. The van der Waals surface area contributed by atoms with Gasteiger partial charge in [0.2, 0.25) is 0 Å². The number of fused-ring (bicyclic) bond motifs is 1. The summed E-state index contributed by atoms with van der Waals surface area (Å²) in [7, 11) is 0. The lowest BCUT2D eigenvalue weighted by molar-refractivity contribution is 0.179. The van der Waals surface area contributed by atoms with Gasteiger partial charge in [-0.2, -0.15) is 0 Å². The van der Waals surface area contributed by atoms with Crippen molar-refractivity contribution in [2.24, 2.45) is 0 Å². The molecule has 2 aromatic carbocycles. The minimum absolute atomic E-state index is 0.114. The van der Waals surface area contributed by atoms with E-state index in [0.29, 0.717) is 6.61 Å². The van der Waals surface area contributed by atoms with Gasteiger partial charge in [0.25, 0.3) is 0 Å². The molecule has 28 heavy (non-hydrogen) atoms. The van der Waals surface area contributed by atoms with Crippen molar-refractivity contribution in [3.8, 4) is 0 Å². The number of aromatic amines is 1. The highest BCUT2D eigenvalue weighted by molar-refractivity contribution is 5.93. The van der Waals surface area contributed by atoms with Crippen LogP contribution in [0.15, 0.2) is 48.8 Å². The van der Waals surface area contributed by atoms with Gasteiger partial charge in [-0.3, -0.25) is 4.90 Å². The number of hydrogen-bond acceptors (Lipinski definition) is 4. The Labute approximate surface area is 163 Å². The zero-order valence-corrected chi connectivity index (χ0v) is 15.5. The van der Waals surface area contributed by atoms with Gasteiger partial charge in [0.15, 0.2) is 0 Å². The summed E-state index contributed by atoms with van der Waals surface area (Å²) in [6.45, 7) is 0.369. The van der Waals surface area contributed by atoms with E-state index in [1.165, 1.54) is 31.4 Å². The van der Waals surface area contributed by atoms with Crippen molar-refractivity contribution < 1.29 is 9.53 Å². The van der Waals surface area contributed by atoms with Gasteiger partial charge in [-0.1, -0.05) is 12.1 Å². The zero-order chi connectivity index (χ0) is 18.7. The molecule has 3 aliphatic rings. The highest BCUT2D eigenvalue weighted by Crippen LogP contribution is 2.41. The number of cyclic esters (lactones) is 1. The molecule has 1 saturated heterocycles. The average Bonchev–Trinajstić information content (AvgIpc) is 3.64. The maximum atomic E-state index is 12.5. The lowest BCUT2D eigenvalue weighted by Gasteiger charge is -2.26. The zero-order valence-electron chi connectivity index (χ0n) is 15.5. The summed E-state index contributed by atoms with van der Waals surface area (Å²) in [5, 5.41) is 0. The van der Waals surface area contributed by atoms with Gasteiger partial charge in [-0.05, 0) is 61.6 Å². The Bertz CT molecular complexity index is 1020. The summed E-state index contributed by atoms with van der Waals surface area (Å²) in [6, 6.07) is 15.9. The fourth-order valence-electron chi connectivity index (χ4n) is 4.32. The molecule has 0 bridgehead atoms. The second kappa shape index (κ2) is 5.99. The minimum Gasteiger partial charge on any atom is -0.447 e. The van der Waals surface area contributed by atoms with Crippen LogP contribution in [0, 0.1) is 0 Å². The van der Waals surface area contributed by atoms with Gasteiger partial charge in [0, 0.05) is 17.8 Å². The van der Waals surface area contributed by atoms with Crippen molar-refractivity contribution in [2.45, 2.75) is 43.8 Å². The van der Waals surface area contributed by atoms with Crippen LogP contribution in [-0.4, -0.2) is 34.8 Å². The standard InChI is InChI=1S/C22H22N4O2/c27-22-26(18-9-10-19-20(11-18)24-13-23-19)21(12-28-22)14-1-3-15(4-2-14)25(16-5-6-16)17-7-8-17/h1-4,9-11,13,16-17,21H,5-8,12H2,(H,23,24). The van der Waals surface area contributed by atoms with Crippen molar-refractivity contribution in [3.63, 3.8) is 0 Å². The van der Waals surface area contributed by atoms with E-state index in [1.54, 1.807) is 11.2 Å². The van der Waals surface area contributed by atoms with Crippen LogP contribution in [0.3, 0.4) is 0 Å². The maximum Gasteiger partial charge on any atom is 0.415 e. The number of hydrogen-bond donors (Lipinski definition) is 1. The molecular formula is C22H22N4O2. The number of H-pyrrole nitrogens is 1. The lowest BCUT2D eigenvalue weighted by atomic mass is 10.1. The maximum absolute atomic E-state index is 12.5. The quantitative estimate of drug-likeness (QED) is 0.719. The predicted octanol–water partition coefficient (Wildman–Crippen LogP) is 4.39. The molecule has 2 saturated carbocycles. The number of aromatic nitrogens is 2. The number of carbonyl (C=O) groups excluding carboxylic acids is 1. The molecule has 1 amide bonds. The summed E-state index contributed by atoms with van der Waals surface area (Å²) in [5.74, 6) is 0. The summed E-state index contributed by atoms with van der Waals surface area (Å²) in [5.41, 5.74) is 5.04. The minimum atomic E-state index is -0.300. The highest BCUT2D eigenvalue weighted by atomic mass is 16.6. The largest absolute Gasteiger partial charge is 0.447 e. The summed E-state index contributed by atoms with van der Waals surface area (Å²) in [6.07, 6.45) is 6.61. The molecule has 6 heteroatoms. The lowest BCUT2D eigenvalue weighted by Crippen LogP contribution is -2.28. The molecule has 2 heterocycles. The first-order chi connectivity index (χ1) is 13.8. The van der Waals surface area contributed by atoms with E-state index in [0.717, 1.165) is 34.4 Å². The molecule has 142 valence electrons. The molecule has 3 aromatic rings. The third kappa shape index (κ3) is 2.63. The molecule has 1 N–H and O–H groups in total. The molecule has 6 rings (SSSR count). The molecule has 2 aliphatic carbocycles. The van der Waals surface area contributed by atoms with E-state index in [4.69, 9.17) is 4.74 Å². The molecule has 1 aliphatic heterocycles. The van der Waals surface area contributed by atoms with E-state index in [1.807, 2.05) is 18.2 Å². The van der Waals surface area contributed by atoms with Gasteiger partial charge in [-0.25, -0.2) is 9.78 Å². The number of nitrogens with zero attached hydrogens (tertiary/aromatic N) is 3. The Kier molecular flexibility index (Phi) is 3.42. The first-order valence-corrected chi connectivity index (χ1v) is 10.1. The smallest absolute Gasteiger partial charge is 0.415 e. The summed E-state index contributed by atoms with van der Waals surface area (Å²) < 4.78 is 5.41. The fourth-order valence-corrected chi connectivity index (χ4v) is 4.32. The first kappa shape index (κ1) is 16.0. The Morgan fingerprint density at radius 1 is 1.04 bits per heavy atom. The molecule has 1 aromatic heterocycles. The molecule has 6 nitrogen and oxygen atoms in total. The van der Waals surface area contributed by atoms with E-state index in [-0.39, 0.29) is 12.1 Å². The monoisotopic (exact) mass is 374 g/mol. The van der Waals surface area contributed by atoms with E-state index < -0.39 is 0 Å². The number of rotatable bonds is 5. The SMILES string of the molecule is O=C1OCC(c2ccc(N(C3CC3)C3CC3)cc2)N1c1ccc2nc[nH]c2c1. The van der Waals surface area contributed by atoms with Crippen LogP contribution in [0.4, 0.5) is 16.2 Å². The molecule has 3 fully saturated rings. The van der Waals surface area contributed by atoms with Gasteiger partial charge in [-0.15, -0.1) is 0 Å². The van der Waals surface area contributed by atoms with Gasteiger partial charge in [0.05, 0.1) is 29.1 Å². The third-order valence-electron chi connectivity index (χ3n) is 6.01. The number of imidazole rings is 1. The number of ether oxygens (including phenoxy) is 1. The van der Waals surface area contributed by atoms with Crippen LogP contribution < -0.4 is 9.80 Å². The van der Waals surface area contributed by atoms with E-state index in [2.05, 4.69) is 39.1 Å². The normalized spacial score (nSPS) is 21.9. The molecule has 0 spiro atoms. The highest BCUT2D eigenvalue weighted by Gasteiger charge is 2.40. The summed E-state index contributed by atoms with van der Waals surface area (Å²) in [4.78, 5) is 24.2. The first-order valence-electron chi connectivity index (χ1n) is 10.1. The van der Waals surface area contributed by atoms with Crippen LogP contribution in [0.2, 0.25) is 0 Å². The number of amides is 1. The molecular weight excluding hydrogens is 352 g/mol. The predicted molar refractivity (Wildman–Crippen MR) is 108 cm³/mol. The Balaban J connectivity index is 1.31. The van der Waals surface area contributed by atoms with Crippen LogP contribution in [0.5, 0.6) is 0 Å². The number of carbonyl (C=O) groups is 1. The van der Waals surface area contributed by atoms with Crippen molar-refractivity contribution in [2.75, 3.05) is 16.4 Å². The Hall–Kier alpha value is -3.02. The van der Waals surface area contributed by atoms with E-state index >= 15 is 0 Å². The van der Waals surface area contributed by atoms with Crippen LogP contribution >= 0.6 is 0 Å². The second-order valence-electron chi connectivity index (χ2n) is 8.03. The number of anilines is 2. The topological polar surface area (TPSA) is 61.5 Å². The second-order valence-corrected chi connectivity index (χ2v) is 8.03. The van der Waals surface area contributed by atoms with Crippen molar-refractivity contribution in [1.29, 1.82) is 0 Å². The van der Waals surface area contributed by atoms with Gasteiger partial charge >= 0.3 is 6.09 Å². The van der Waals surface area contributed by atoms with Crippen molar-refractivity contribution in [3.05, 3.63) is 54.4 Å². The molecule has 1 unspecified atom stereocenters. The van der Waals surface area contributed by atoms with Crippen molar-refractivity contribution in [1.82, 2.24) is 9.97 Å². The van der Waals surface area contributed by atoms with Gasteiger partial charge < -0.3 is 14.6 Å². The molecule has 0 radical (unpaired) electrons. The number of benzene rings is 2. The Morgan fingerprint density at radius 2 is 1.79 bits per heavy atom. The molecule has 1 atom stereocenters. The van der Waals surface area contributed by atoms with E-state index in [9.17, 15) is 4.79 Å².